The summed E-state index contributed by atoms with van der Waals surface area (Å²) in [5.74, 6) is 0.660. The van der Waals surface area contributed by atoms with Crippen molar-refractivity contribution in [3.63, 3.8) is 0 Å². The van der Waals surface area contributed by atoms with Gasteiger partial charge < -0.3 is 4.74 Å². The molecular weight excluding hydrogens is 172 g/mol. The monoisotopic (exact) mass is 183 g/mol. The highest BCUT2D eigenvalue weighted by atomic mass is 35.5. The number of rotatable bonds is 4. The first-order chi connectivity index (χ1) is 5.84. The number of benzene rings is 1. The largest absolute Gasteiger partial charge is 0.491 e. The van der Waals surface area contributed by atoms with E-state index in [2.05, 4.69) is 13.0 Å². The molecule has 1 rings (SSSR count). The maximum Gasteiger partial charge on any atom is 0.145 e. The van der Waals surface area contributed by atoms with E-state index in [1.807, 2.05) is 6.07 Å². The van der Waals surface area contributed by atoms with Crippen LogP contribution >= 0.6 is 11.6 Å². The van der Waals surface area contributed by atoms with Crippen molar-refractivity contribution in [3.8, 4) is 5.75 Å². The molecule has 0 unspecified atom stereocenters. The number of hydrogen-bond donors (Lipinski definition) is 0. The fraction of sp³-hybridized carbons (Fsp3) is 0.400. The highest BCUT2D eigenvalue weighted by Gasteiger charge is 1.98. The van der Waals surface area contributed by atoms with E-state index in [1.54, 1.807) is 12.1 Å². The van der Waals surface area contributed by atoms with Crippen molar-refractivity contribution in [2.75, 3.05) is 6.61 Å². The molecule has 1 nitrogen and oxygen atoms in total. The van der Waals surface area contributed by atoms with Crippen molar-refractivity contribution in [1.29, 1.82) is 0 Å². The maximum absolute atomic E-state index is 5.85. The minimum Gasteiger partial charge on any atom is -0.491 e. The third kappa shape index (κ3) is 2.74. The highest BCUT2D eigenvalue weighted by molar-refractivity contribution is 6.31. The average molecular weight is 184 g/mol. The minimum atomic E-state index is 0.633. The average Bonchev–Trinajstić information content (AvgIpc) is 2.09. The van der Waals surface area contributed by atoms with Gasteiger partial charge in [-0.3, -0.25) is 0 Å². The van der Waals surface area contributed by atoms with Crippen LogP contribution in [-0.4, -0.2) is 6.61 Å². The minimum absolute atomic E-state index is 0.633. The van der Waals surface area contributed by atoms with Crippen LogP contribution in [0.15, 0.2) is 18.2 Å². The van der Waals surface area contributed by atoms with E-state index >= 15 is 0 Å². The molecule has 12 heavy (non-hydrogen) atoms. The van der Waals surface area contributed by atoms with Gasteiger partial charge in [0.15, 0.2) is 0 Å². The molecule has 0 atom stereocenters. The number of para-hydroxylation sites is 1. The molecule has 0 aliphatic heterocycles. The van der Waals surface area contributed by atoms with E-state index in [4.69, 9.17) is 16.3 Å². The van der Waals surface area contributed by atoms with Gasteiger partial charge in [-0.2, -0.15) is 0 Å². The zero-order chi connectivity index (χ0) is 8.81. The van der Waals surface area contributed by atoms with Gasteiger partial charge >= 0.3 is 0 Å². The molecule has 2 heteroatoms. The van der Waals surface area contributed by atoms with Gasteiger partial charge in [0.05, 0.1) is 11.6 Å². The predicted molar refractivity (Wildman–Crippen MR) is 50.7 cm³/mol. The molecular formula is C10H12ClO. The van der Waals surface area contributed by atoms with E-state index < -0.39 is 0 Å². The van der Waals surface area contributed by atoms with E-state index in [1.165, 1.54) is 0 Å². The predicted octanol–water partition coefficient (Wildman–Crippen LogP) is 3.32. The van der Waals surface area contributed by atoms with Crippen molar-refractivity contribution in [3.05, 3.63) is 29.3 Å². The number of unbranched alkanes of at least 4 members (excludes halogenated alkanes) is 1. The van der Waals surface area contributed by atoms with Crippen LogP contribution in [0.4, 0.5) is 0 Å². The summed E-state index contributed by atoms with van der Waals surface area (Å²) in [5.41, 5.74) is 0. The van der Waals surface area contributed by atoms with E-state index in [-0.39, 0.29) is 0 Å². The lowest BCUT2D eigenvalue weighted by atomic mass is 10.3. The quantitative estimate of drug-likeness (QED) is 0.651. The molecule has 0 N–H and O–H groups in total. The lowest BCUT2D eigenvalue weighted by molar-refractivity contribution is 0.309. The fourth-order valence-corrected chi connectivity index (χ4v) is 1.01. The lowest BCUT2D eigenvalue weighted by Gasteiger charge is -2.05. The topological polar surface area (TPSA) is 9.23 Å². The van der Waals surface area contributed by atoms with Gasteiger partial charge in [0.25, 0.3) is 0 Å². The first-order valence-electron chi connectivity index (χ1n) is 4.13. The van der Waals surface area contributed by atoms with Crippen molar-refractivity contribution in [2.24, 2.45) is 0 Å². The lowest BCUT2D eigenvalue weighted by Crippen LogP contribution is -1.96. The summed E-state index contributed by atoms with van der Waals surface area (Å²) in [6.07, 6.45) is 2.18. The van der Waals surface area contributed by atoms with Crippen LogP contribution in [0.1, 0.15) is 19.8 Å². The summed E-state index contributed by atoms with van der Waals surface area (Å²) in [6.45, 7) is 2.84. The summed E-state index contributed by atoms with van der Waals surface area (Å²) in [5, 5.41) is 0.633. The van der Waals surface area contributed by atoms with Crippen LogP contribution in [0.5, 0.6) is 5.75 Å². The number of hydrogen-bond acceptors (Lipinski definition) is 1. The van der Waals surface area contributed by atoms with Crippen molar-refractivity contribution < 1.29 is 4.74 Å². The van der Waals surface area contributed by atoms with Crippen LogP contribution in [0.3, 0.4) is 0 Å². The molecule has 0 bridgehead atoms. The maximum atomic E-state index is 5.85. The molecule has 0 aromatic heterocycles. The second-order valence-corrected chi connectivity index (χ2v) is 2.96. The molecule has 0 aliphatic carbocycles. The van der Waals surface area contributed by atoms with Gasteiger partial charge in [-0.15, -0.1) is 0 Å². The molecule has 65 valence electrons. The molecule has 0 saturated heterocycles. The second-order valence-electron chi connectivity index (χ2n) is 2.55. The summed E-state index contributed by atoms with van der Waals surface area (Å²) in [4.78, 5) is 0. The molecule has 0 fully saturated rings. The van der Waals surface area contributed by atoms with E-state index in [9.17, 15) is 0 Å². The molecule has 1 aromatic carbocycles. The van der Waals surface area contributed by atoms with Crippen molar-refractivity contribution in [1.82, 2.24) is 0 Å². The second kappa shape index (κ2) is 5.04. The number of halogens is 1. The summed E-state index contributed by atoms with van der Waals surface area (Å²) in [6, 6.07) is 8.39. The van der Waals surface area contributed by atoms with Gasteiger partial charge in [-0.1, -0.05) is 37.1 Å². The zero-order valence-electron chi connectivity index (χ0n) is 7.14. The van der Waals surface area contributed by atoms with Crippen LogP contribution in [-0.2, 0) is 0 Å². The first-order valence-corrected chi connectivity index (χ1v) is 4.51. The Labute approximate surface area is 78.3 Å². The zero-order valence-corrected chi connectivity index (χ0v) is 7.90. The molecule has 1 radical (unpaired) electrons. The summed E-state index contributed by atoms with van der Waals surface area (Å²) in [7, 11) is 0. The van der Waals surface area contributed by atoms with Crippen LogP contribution < -0.4 is 4.74 Å². The standard InChI is InChI=1S/C10H12ClO/c1-2-3-8-12-10-7-5-4-6-9(10)11/h4-6H,2-3,8H2,1H3. The van der Waals surface area contributed by atoms with Crippen LogP contribution in [0.2, 0.25) is 5.02 Å². The first kappa shape index (κ1) is 9.40. The Morgan fingerprint density at radius 1 is 1.58 bits per heavy atom. The van der Waals surface area contributed by atoms with Crippen LogP contribution in [0.25, 0.3) is 0 Å². The Bertz CT molecular complexity index is 235. The third-order valence-electron chi connectivity index (χ3n) is 1.51. The molecule has 0 saturated carbocycles. The molecule has 0 heterocycles. The van der Waals surface area contributed by atoms with Gasteiger partial charge in [-0.25, -0.2) is 0 Å². The molecule has 0 spiro atoms. The Morgan fingerprint density at radius 3 is 3.08 bits per heavy atom. The summed E-state index contributed by atoms with van der Waals surface area (Å²) < 4.78 is 5.39. The SMILES string of the molecule is CCCCOc1[c]cccc1Cl. The van der Waals surface area contributed by atoms with Crippen molar-refractivity contribution >= 4 is 11.6 Å². The molecule has 0 amide bonds. The van der Waals surface area contributed by atoms with Gasteiger partial charge in [0.1, 0.15) is 5.75 Å². The van der Waals surface area contributed by atoms with E-state index in [0.717, 1.165) is 19.4 Å². The third-order valence-corrected chi connectivity index (χ3v) is 1.81. The Balaban J connectivity index is 2.46. The highest BCUT2D eigenvalue weighted by Crippen LogP contribution is 2.22. The van der Waals surface area contributed by atoms with Gasteiger partial charge in [0, 0.05) is 6.07 Å². The molecule has 0 aliphatic rings. The Hall–Kier alpha value is -0.690. The smallest absolute Gasteiger partial charge is 0.145 e. The van der Waals surface area contributed by atoms with Gasteiger partial charge in [-0.05, 0) is 12.5 Å². The number of ether oxygens (including phenoxy) is 1. The summed E-state index contributed by atoms with van der Waals surface area (Å²) >= 11 is 5.85. The normalized spacial score (nSPS) is 9.83. The van der Waals surface area contributed by atoms with Crippen molar-refractivity contribution in [2.45, 2.75) is 19.8 Å². The molecule has 1 aromatic rings. The van der Waals surface area contributed by atoms with E-state index in [0.29, 0.717) is 10.8 Å². The Morgan fingerprint density at radius 2 is 2.42 bits per heavy atom. The van der Waals surface area contributed by atoms with Gasteiger partial charge in [0.2, 0.25) is 0 Å². The Kier molecular flexibility index (Phi) is 3.95. The van der Waals surface area contributed by atoms with Crippen LogP contribution in [0, 0.1) is 6.07 Å². The fourth-order valence-electron chi connectivity index (χ4n) is 0.830.